The molecule has 1 aromatic heterocycles. The van der Waals surface area contributed by atoms with E-state index in [1.165, 1.54) is 25.7 Å². The van der Waals surface area contributed by atoms with Crippen LogP contribution >= 0.6 is 0 Å². The molecule has 1 aromatic rings. The quantitative estimate of drug-likeness (QED) is 0.872. The van der Waals surface area contributed by atoms with Crippen molar-refractivity contribution in [2.24, 2.45) is 11.7 Å². The first-order valence-corrected chi connectivity index (χ1v) is 6.82. The summed E-state index contributed by atoms with van der Waals surface area (Å²) in [6, 6.07) is 2.76. The van der Waals surface area contributed by atoms with E-state index in [4.69, 9.17) is 10.8 Å². The number of rotatable bonds is 4. The van der Waals surface area contributed by atoms with Gasteiger partial charge in [-0.15, -0.1) is 0 Å². The third-order valence-corrected chi connectivity index (χ3v) is 4.24. The van der Waals surface area contributed by atoms with E-state index in [1.54, 1.807) is 0 Å². The topological polar surface area (TPSA) is 43.8 Å². The molecule has 17 heavy (non-hydrogen) atoms. The van der Waals surface area contributed by atoms with Gasteiger partial charge in [-0.05, 0) is 31.7 Å². The summed E-state index contributed by atoms with van der Waals surface area (Å²) < 4.78 is 2.15. The van der Waals surface area contributed by atoms with Gasteiger partial charge in [-0.1, -0.05) is 26.7 Å². The normalized spacial score (nSPS) is 21.0. The Labute approximate surface area is 104 Å². The molecule has 1 aliphatic carbocycles. The monoisotopic (exact) mass is 235 g/mol. The third-order valence-electron chi connectivity index (χ3n) is 4.24. The Morgan fingerprint density at radius 3 is 2.71 bits per heavy atom. The van der Waals surface area contributed by atoms with Crippen molar-refractivity contribution in [3.8, 4) is 0 Å². The molecule has 1 aliphatic rings. The summed E-state index contributed by atoms with van der Waals surface area (Å²) in [6.45, 7) is 6.47. The van der Waals surface area contributed by atoms with Crippen molar-refractivity contribution in [2.75, 3.05) is 0 Å². The van der Waals surface area contributed by atoms with Crippen LogP contribution in [0.25, 0.3) is 0 Å². The van der Waals surface area contributed by atoms with Crippen molar-refractivity contribution >= 4 is 0 Å². The zero-order valence-corrected chi connectivity index (χ0v) is 11.3. The van der Waals surface area contributed by atoms with Gasteiger partial charge < -0.3 is 5.73 Å². The number of hydrogen-bond acceptors (Lipinski definition) is 2. The van der Waals surface area contributed by atoms with Gasteiger partial charge >= 0.3 is 0 Å². The predicted molar refractivity (Wildman–Crippen MR) is 70.9 cm³/mol. The Morgan fingerprint density at radius 2 is 2.12 bits per heavy atom. The summed E-state index contributed by atoms with van der Waals surface area (Å²) >= 11 is 0. The minimum absolute atomic E-state index is 0.158. The fraction of sp³-hybridized carbons (Fsp3) is 0.786. The van der Waals surface area contributed by atoms with E-state index in [2.05, 4.69) is 37.7 Å². The van der Waals surface area contributed by atoms with Crippen molar-refractivity contribution in [3.63, 3.8) is 0 Å². The molecular weight excluding hydrogens is 210 g/mol. The van der Waals surface area contributed by atoms with E-state index in [-0.39, 0.29) is 5.54 Å². The van der Waals surface area contributed by atoms with E-state index in [1.807, 2.05) is 0 Å². The molecule has 96 valence electrons. The van der Waals surface area contributed by atoms with Crippen molar-refractivity contribution in [1.82, 2.24) is 9.78 Å². The molecular formula is C14H25N3. The van der Waals surface area contributed by atoms with Crippen LogP contribution in [0.5, 0.6) is 0 Å². The smallest absolute Gasteiger partial charge is 0.0643 e. The van der Waals surface area contributed by atoms with Crippen LogP contribution < -0.4 is 5.73 Å². The van der Waals surface area contributed by atoms with Gasteiger partial charge in [0.1, 0.15) is 0 Å². The van der Waals surface area contributed by atoms with Crippen LogP contribution in [0.3, 0.4) is 0 Å². The molecule has 0 aliphatic heterocycles. The van der Waals surface area contributed by atoms with Gasteiger partial charge in [0.15, 0.2) is 0 Å². The van der Waals surface area contributed by atoms with Crippen LogP contribution in [-0.2, 0) is 6.42 Å². The van der Waals surface area contributed by atoms with Gasteiger partial charge in [-0.25, -0.2) is 0 Å². The second kappa shape index (κ2) is 4.81. The average Bonchev–Trinajstić information content (AvgIpc) is 2.85. The van der Waals surface area contributed by atoms with Crippen molar-refractivity contribution in [2.45, 2.75) is 64.5 Å². The molecule has 2 rings (SSSR count). The number of nitrogens with zero attached hydrogens (tertiary/aromatic N) is 2. The fourth-order valence-electron chi connectivity index (χ4n) is 2.44. The highest BCUT2D eigenvalue weighted by Gasteiger charge is 2.25. The maximum Gasteiger partial charge on any atom is 0.0643 e. The van der Waals surface area contributed by atoms with E-state index in [0.29, 0.717) is 12.0 Å². The molecule has 2 N–H and O–H groups in total. The maximum absolute atomic E-state index is 6.31. The highest BCUT2D eigenvalue weighted by molar-refractivity contribution is 5.06. The van der Waals surface area contributed by atoms with Crippen LogP contribution in [-0.4, -0.2) is 15.3 Å². The molecule has 3 nitrogen and oxygen atoms in total. The molecule has 3 heteroatoms. The largest absolute Gasteiger partial charge is 0.325 e. The molecule has 1 heterocycles. The van der Waals surface area contributed by atoms with Gasteiger partial charge in [0.25, 0.3) is 0 Å². The maximum atomic E-state index is 6.31. The highest BCUT2D eigenvalue weighted by atomic mass is 15.3. The van der Waals surface area contributed by atoms with E-state index >= 15 is 0 Å². The van der Waals surface area contributed by atoms with Crippen molar-refractivity contribution in [1.29, 1.82) is 0 Å². The second-order valence-electron chi connectivity index (χ2n) is 6.06. The number of hydrogen-bond donors (Lipinski definition) is 1. The molecule has 1 saturated carbocycles. The van der Waals surface area contributed by atoms with Crippen LogP contribution in [0.15, 0.2) is 12.3 Å². The predicted octanol–water partition coefficient (Wildman–Crippen LogP) is 2.91. The van der Waals surface area contributed by atoms with E-state index in [9.17, 15) is 0 Å². The molecule has 0 radical (unpaired) electrons. The van der Waals surface area contributed by atoms with Gasteiger partial charge in [0.2, 0.25) is 0 Å². The van der Waals surface area contributed by atoms with Crippen molar-refractivity contribution in [3.05, 3.63) is 18.0 Å². The molecule has 1 atom stereocenters. The lowest BCUT2D eigenvalue weighted by Crippen LogP contribution is -2.44. The summed E-state index contributed by atoms with van der Waals surface area (Å²) in [4.78, 5) is 0. The average molecular weight is 235 g/mol. The number of nitrogens with two attached hydrogens (primary N) is 1. The van der Waals surface area contributed by atoms with Crippen LogP contribution in [0.4, 0.5) is 0 Å². The summed E-state index contributed by atoms with van der Waals surface area (Å²) in [7, 11) is 0. The summed E-state index contributed by atoms with van der Waals surface area (Å²) in [5, 5.41) is 4.70. The van der Waals surface area contributed by atoms with E-state index in [0.717, 1.165) is 12.1 Å². The second-order valence-corrected chi connectivity index (χ2v) is 6.06. The SMILES string of the molecule is CC(C)C(C)(N)Cc1ccn(C2CCCC2)n1. The van der Waals surface area contributed by atoms with Crippen LogP contribution in [0.1, 0.15) is 58.2 Å². The van der Waals surface area contributed by atoms with Crippen LogP contribution in [0.2, 0.25) is 0 Å². The molecule has 0 aromatic carbocycles. The summed E-state index contributed by atoms with van der Waals surface area (Å²) in [5.74, 6) is 0.471. The Hall–Kier alpha value is -0.830. The van der Waals surface area contributed by atoms with Gasteiger partial charge in [-0.3, -0.25) is 4.68 Å². The Balaban J connectivity index is 2.03. The summed E-state index contributed by atoms with van der Waals surface area (Å²) in [5.41, 5.74) is 7.28. The van der Waals surface area contributed by atoms with Gasteiger partial charge in [0, 0.05) is 18.2 Å². The Morgan fingerprint density at radius 1 is 1.47 bits per heavy atom. The molecule has 0 spiro atoms. The fourth-order valence-corrected chi connectivity index (χ4v) is 2.44. The third kappa shape index (κ3) is 2.89. The number of aromatic nitrogens is 2. The minimum atomic E-state index is -0.158. The molecule has 1 unspecified atom stereocenters. The Kier molecular flexibility index (Phi) is 3.57. The zero-order valence-electron chi connectivity index (χ0n) is 11.3. The highest BCUT2D eigenvalue weighted by Crippen LogP contribution is 2.29. The minimum Gasteiger partial charge on any atom is -0.325 e. The van der Waals surface area contributed by atoms with E-state index < -0.39 is 0 Å². The lowest BCUT2D eigenvalue weighted by atomic mass is 9.85. The van der Waals surface area contributed by atoms with Crippen molar-refractivity contribution < 1.29 is 0 Å². The molecule has 0 bridgehead atoms. The summed E-state index contributed by atoms with van der Waals surface area (Å²) in [6.07, 6.45) is 8.25. The lowest BCUT2D eigenvalue weighted by molar-refractivity contribution is 0.332. The first kappa shape index (κ1) is 12.6. The van der Waals surface area contributed by atoms with Gasteiger partial charge in [-0.2, -0.15) is 5.10 Å². The first-order valence-electron chi connectivity index (χ1n) is 6.82. The first-order chi connectivity index (χ1) is 7.99. The standard InChI is InChI=1S/C14H25N3/c1-11(2)14(3,15)10-12-8-9-17(16-12)13-6-4-5-7-13/h8-9,11,13H,4-7,10,15H2,1-3H3. The van der Waals surface area contributed by atoms with Gasteiger partial charge in [0.05, 0.1) is 11.7 Å². The Bertz CT molecular complexity index is 359. The van der Waals surface area contributed by atoms with Crippen LogP contribution in [0, 0.1) is 5.92 Å². The zero-order chi connectivity index (χ0) is 12.5. The molecule has 1 fully saturated rings. The lowest BCUT2D eigenvalue weighted by Gasteiger charge is -2.28. The molecule has 0 amide bonds. The molecule has 0 saturated heterocycles.